The summed E-state index contributed by atoms with van der Waals surface area (Å²) in [5.41, 5.74) is 0. The maximum Gasteiger partial charge on any atom is 0.407 e. The number of nitrogens with zero attached hydrogens (tertiary/aromatic N) is 1. The zero-order chi connectivity index (χ0) is 16.4. The summed E-state index contributed by atoms with van der Waals surface area (Å²) in [6.45, 7) is 0. The highest BCUT2D eigenvalue weighted by atomic mass is 16.5. The summed E-state index contributed by atoms with van der Waals surface area (Å²) in [6, 6.07) is 0.545. The molecule has 3 fully saturated rings. The van der Waals surface area contributed by atoms with E-state index in [0.29, 0.717) is 6.04 Å². The van der Waals surface area contributed by atoms with Gasteiger partial charge in [-0.3, -0.25) is 4.79 Å². The van der Waals surface area contributed by atoms with Gasteiger partial charge in [-0.05, 0) is 37.5 Å². The molecule has 3 aliphatic carbocycles. The molecular weight excluding hydrogens is 292 g/mol. The van der Waals surface area contributed by atoms with Crippen LogP contribution < -0.4 is 5.32 Å². The number of methoxy groups -OCH3 is 1. The van der Waals surface area contributed by atoms with E-state index in [1.54, 1.807) is 0 Å². The van der Waals surface area contributed by atoms with Crippen molar-refractivity contribution < 1.29 is 14.3 Å². The van der Waals surface area contributed by atoms with Gasteiger partial charge in [0, 0.05) is 25.0 Å². The highest BCUT2D eigenvalue weighted by Gasteiger charge is 2.43. The van der Waals surface area contributed by atoms with Crippen molar-refractivity contribution in [3.8, 4) is 0 Å². The minimum absolute atomic E-state index is 0.0795. The van der Waals surface area contributed by atoms with Crippen LogP contribution in [0.15, 0.2) is 0 Å². The van der Waals surface area contributed by atoms with Crippen molar-refractivity contribution in [2.75, 3.05) is 14.2 Å². The molecule has 3 rings (SSSR count). The van der Waals surface area contributed by atoms with Gasteiger partial charge in [-0.25, -0.2) is 4.79 Å². The Morgan fingerprint density at radius 2 is 1.65 bits per heavy atom. The van der Waals surface area contributed by atoms with E-state index in [0.717, 1.165) is 24.7 Å². The molecule has 23 heavy (non-hydrogen) atoms. The number of hydrogen-bond donors (Lipinski definition) is 1. The molecule has 5 nitrogen and oxygen atoms in total. The number of ether oxygens (including phenoxy) is 1. The lowest BCUT2D eigenvalue weighted by molar-refractivity contribution is -0.143. The topological polar surface area (TPSA) is 58.6 Å². The van der Waals surface area contributed by atoms with E-state index in [1.165, 1.54) is 52.1 Å². The number of carbonyl (C=O) groups is 2. The molecule has 0 aromatic carbocycles. The fourth-order valence-corrected chi connectivity index (χ4v) is 4.57. The number of alkyl carbamates (subject to hydrolysis) is 1. The summed E-state index contributed by atoms with van der Waals surface area (Å²) in [5.74, 6) is 2.11. The van der Waals surface area contributed by atoms with Gasteiger partial charge in [0.05, 0.1) is 7.11 Å². The number of hydrogen-bond acceptors (Lipinski definition) is 3. The fourth-order valence-electron chi connectivity index (χ4n) is 4.57. The van der Waals surface area contributed by atoms with Crippen LogP contribution in [0.4, 0.5) is 4.79 Å². The minimum Gasteiger partial charge on any atom is -0.453 e. The van der Waals surface area contributed by atoms with Gasteiger partial charge in [-0.1, -0.05) is 32.1 Å². The second-order valence-electron chi connectivity index (χ2n) is 7.73. The van der Waals surface area contributed by atoms with Crippen molar-refractivity contribution in [3.05, 3.63) is 0 Å². The summed E-state index contributed by atoms with van der Waals surface area (Å²) < 4.78 is 4.59. The van der Waals surface area contributed by atoms with Crippen LogP contribution in [-0.2, 0) is 9.53 Å². The van der Waals surface area contributed by atoms with Crippen molar-refractivity contribution in [1.82, 2.24) is 10.2 Å². The second-order valence-corrected chi connectivity index (χ2v) is 7.73. The smallest absolute Gasteiger partial charge is 0.407 e. The Morgan fingerprint density at radius 3 is 2.26 bits per heavy atom. The molecule has 130 valence electrons. The van der Waals surface area contributed by atoms with Gasteiger partial charge in [-0.15, -0.1) is 0 Å². The summed E-state index contributed by atoms with van der Waals surface area (Å²) in [7, 11) is 3.33. The zero-order valence-corrected chi connectivity index (χ0v) is 14.4. The Labute approximate surface area is 139 Å². The van der Waals surface area contributed by atoms with Crippen LogP contribution in [0.2, 0.25) is 0 Å². The van der Waals surface area contributed by atoms with Gasteiger partial charge in [0.25, 0.3) is 0 Å². The molecule has 0 heterocycles. The first kappa shape index (κ1) is 16.6. The van der Waals surface area contributed by atoms with E-state index in [1.807, 2.05) is 11.9 Å². The van der Waals surface area contributed by atoms with Gasteiger partial charge in [0.1, 0.15) is 0 Å². The van der Waals surface area contributed by atoms with Crippen LogP contribution in [0, 0.1) is 17.8 Å². The highest BCUT2D eigenvalue weighted by molar-refractivity contribution is 5.80. The van der Waals surface area contributed by atoms with Gasteiger partial charge in [-0.2, -0.15) is 0 Å². The highest BCUT2D eigenvalue weighted by Crippen LogP contribution is 2.43. The Hall–Kier alpha value is -1.26. The molecule has 0 bridgehead atoms. The third-order valence-corrected chi connectivity index (χ3v) is 6.36. The molecule has 0 aliphatic heterocycles. The van der Waals surface area contributed by atoms with Crippen LogP contribution in [0.1, 0.15) is 57.8 Å². The molecule has 2 amide bonds. The van der Waals surface area contributed by atoms with Crippen LogP contribution in [-0.4, -0.2) is 43.1 Å². The van der Waals surface area contributed by atoms with Crippen LogP contribution in [0.3, 0.4) is 0 Å². The van der Waals surface area contributed by atoms with Crippen LogP contribution in [0.5, 0.6) is 0 Å². The molecule has 0 unspecified atom stereocenters. The number of nitrogens with one attached hydrogen (secondary N) is 1. The first-order valence-corrected chi connectivity index (χ1v) is 9.19. The van der Waals surface area contributed by atoms with Gasteiger partial charge < -0.3 is 15.0 Å². The third kappa shape index (κ3) is 3.64. The molecule has 0 spiro atoms. The molecule has 3 saturated carbocycles. The largest absolute Gasteiger partial charge is 0.453 e. The summed E-state index contributed by atoms with van der Waals surface area (Å²) in [5, 5.41) is 2.77. The zero-order valence-electron chi connectivity index (χ0n) is 14.4. The molecule has 0 aromatic rings. The van der Waals surface area contributed by atoms with Crippen molar-refractivity contribution in [2.24, 2.45) is 17.8 Å². The molecule has 0 atom stereocenters. The lowest BCUT2D eigenvalue weighted by Crippen LogP contribution is -2.54. The van der Waals surface area contributed by atoms with E-state index in [4.69, 9.17) is 0 Å². The first-order chi connectivity index (χ1) is 11.1. The number of rotatable bonds is 4. The Morgan fingerprint density at radius 1 is 1.00 bits per heavy atom. The lowest BCUT2D eigenvalue weighted by atomic mass is 9.67. The average Bonchev–Trinajstić information content (AvgIpc) is 2.49. The standard InChI is InChI=1S/C18H30N2O3/c1-20(16-10-13(11-16)12-6-4-3-5-7-12)17(21)14-8-15(9-14)19-18(22)23-2/h12-16H,3-11H2,1-2H3,(H,19,22). The summed E-state index contributed by atoms with van der Waals surface area (Å²) >= 11 is 0. The molecule has 3 aliphatic rings. The molecular formula is C18H30N2O3. The van der Waals surface area contributed by atoms with Gasteiger partial charge in [0.15, 0.2) is 0 Å². The SMILES string of the molecule is COC(=O)NC1CC(C(=O)N(C)C2CC(C3CCCCC3)C2)C1. The second kappa shape index (κ2) is 7.10. The normalized spacial score (nSPS) is 34.0. The van der Waals surface area contributed by atoms with Crippen LogP contribution >= 0.6 is 0 Å². The van der Waals surface area contributed by atoms with E-state index in [9.17, 15) is 9.59 Å². The maximum absolute atomic E-state index is 12.5. The first-order valence-electron chi connectivity index (χ1n) is 9.19. The van der Waals surface area contributed by atoms with Crippen molar-refractivity contribution in [2.45, 2.75) is 69.9 Å². The molecule has 5 heteroatoms. The number of carbonyl (C=O) groups excluding carboxylic acids is 2. The maximum atomic E-state index is 12.5. The summed E-state index contributed by atoms with van der Waals surface area (Å²) in [4.78, 5) is 25.7. The molecule has 0 saturated heterocycles. The fraction of sp³-hybridized carbons (Fsp3) is 0.889. The molecule has 0 radical (unpaired) electrons. The monoisotopic (exact) mass is 322 g/mol. The number of amides is 2. The predicted octanol–water partition coefficient (Wildman–Crippen LogP) is 2.94. The van der Waals surface area contributed by atoms with Crippen molar-refractivity contribution in [1.29, 1.82) is 0 Å². The lowest BCUT2D eigenvalue weighted by Gasteiger charge is -2.47. The van der Waals surface area contributed by atoms with E-state index in [-0.39, 0.29) is 17.9 Å². The van der Waals surface area contributed by atoms with Gasteiger partial charge >= 0.3 is 6.09 Å². The van der Waals surface area contributed by atoms with Gasteiger partial charge in [0.2, 0.25) is 5.91 Å². The Bertz CT molecular complexity index is 436. The predicted molar refractivity (Wildman–Crippen MR) is 87.9 cm³/mol. The van der Waals surface area contributed by atoms with Crippen molar-refractivity contribution >= 4 is 12.0 Å². The summed E-state index contributed by atoms with van der Waals surface area (Å²) in [6.07, 6.45) is 10.5. The molecule has 1 N–H and O–H groups in total. The van der Waals surface area contributed by atoms with Crippen LogP contribution in [0.25, 0.3) is 0 Å². The molecule has 0 aromatic heterocycles. The van der Waals surface area contributed by atoms with E-state index in [2.05, 4.69) is 10.1 Å². The average molecular weight is 322 g/mol. The Balaban J connectivity index is 1.37. The van der Waals surface area contributed by atoms with E-state index >= 15 is 0 Å². The van der Waals surface area contributed by atoms with Crippen molar-refractivity contribution in [3.63, 3.8) is 0 Å². The Kier molecular flexibility index (Phi) is 5.12. The minimum atomic E-state index is -0.399. The van der Waals surface area contributed by atoms with E-state index < -0.39 is 6.09 Å². The quantitative estimate of drug-likeness (QED) is 0.866. The third-order valence-electron chi connectivity index (χ3n) is 6.36.